The summed E-state index contributed by atoms with van der Waals surface area (Å²) in [5.74, 6) is 0. The quantitative estimate of drug-likeness (QED) is 0.347. The molecule has 62 valence electrons. The molecule has 4 heteroatoms. The van der Waals surface area contributed by atoms with Gasteiger partial charge in [-0.2, -0.15) is 0 Å². The van der Waals surface area contributed by atoms with Gasteiger partial charge in [-0.15, -0.1) is 0 Å². The number of rotatable bonds is 3. The van der Waals surface area contributed by atoms with Crippen LogP contribution in [0.5, 0.6) is 0 Å². The summed E-state index contributed by atoms with van der Waals surface area (Å²) in [6, 6.07) is 0.684. The summed E-state index contributed by atoms with van der Waals surface area (Å²) >= 11 is 0. The number of likely N-dealkylation sites (tertiary alicyclic amines) is 1. The van der Waals surface area contributed by atoms with Gasteiger partial charge in [0.25, 0.3) is 0 Å². The van der Waals surface area contributed by atoms with E-state index in [1.807, 2.05) is 0 Å². The second kappa shape index (κ2) is 4.21. The molecule has 1 heterocycles. The van der Waals surface area contributed by atoms with Crippen LogP contribution in [0.25, 0.3) is 10.4 Å². The SMILES string of the molecule is CC1CCCN1CCN=[N+]=[N-]. The van der Waals surface area contributed by atoms with Crippen molar-refractivity contribution in [3.8, 4) is 0 Å². The zero-order valence-electron chi connectivity index (χ0n) is 6.90. The lowest BCUT2D eigenvalue weighted by Gasteiger charge is -2.19. The molecule has 1 aliphatic heterocycles. The molecular weight excluding hydrogens is 140 g/mol. The van der Waals surface area contributed by atoms with Crippen LogP contribution < -0.4 is 0 Å². The van der Waals surface area contributed by atoms with Crippen LogP contribution >= 0.6 is 0 Å². The molecule has 0 aromatic heterocycles. The van der Waals surface area contributed by atoms with E-state index in [9.17, 15) is 0 Å². The molecule has 1 aliphatic rings. The summed E-state index contributed by atoms with van der Waals surface area (Å²) in [7, 11) is 0. The summed E-state index contributed by atoms with van der Waals surface area (Å²) < 4.78 is 0. The van der Waals surface area contributed by atoms with Gasteiger partial charge in [0, 0.05) is 24.0 Å². The van der Waals surface area contributed by atoms with Gasteiger partial charge >= 0.3 is 0 Å². The molecule has 0 N–H and O–H groups in total. The molecule has 0 amide bonds. The predicted octanol–water partition coefficient (Wildman–Crippen LogP) is 1.78. The first-order valence-corrected chi connectivity index (χ1v) is 4.09. The van der Waals surface area contributed by atoms with Crippen LogP contribution in [0.1, 0.15) is 19.8 Å². The first-order valence-electron chi connectivity index (χ1n) is 4.09. The molecule has 0 aromatic carbocycles. The van der Waals surface area contributed by atoms with Gasteiger partial charge in [0.05, 0.1) is 0 Å². The average Bonchev–Trinajstić information content (AvgIpc) is 2.37. The molecule has 1 atom stereocenters. The fourth-order valence-corrected chi connectivity index (χ4v) is 1.54. The molecule has 0 spiro atoms. The van der Waals surface area contributed by atoms with Crippen molar-refractivity contribution in [2.45, 2.75) is 25.8 Å². The average molecular weight is 154 g/mol. The summed E-state index contributed by atoms with van der Waals surface area (Å²) in [6.07, 6.45) is 2.58. The third kappa shape index (κ3) is 2.41. The Kier molecular flexibility index (Phi) is 3.20. The largest absolute Gasteiger partial charge is 0.301 e. The van der Waals surface area contributed by atoms with E-state index in [4.69, 9.17) is 5.53 Å². The maximum Gasteiger partial charge on any atom is 0.0385 e. The Bertz CT molecular complexity index is 162. The topological polar surface area (TPSA) is 52.0 Å². The van der Waals surface area contributed by atoms with Gasteiger partial charge in [-0.05, 0) is 31.8 Å². The van der Waals surface area contributed by atoms with Gasteiger partial charge in [-0.25, -0.2) is 0 Å². The van der Waals surface area contributed by atoms with Crippen molar-refractivity contribution >= 4 is 0 Å². The fourth-order valence-electron chi connectivity index (χ4n) is 1.54. The van der Waals surface area contributed by atoms with E-state index >= 15 is 0 Å². The molecular formula is C7H14N4. The highest BCUT2D eigenvalue weighted by Gasteiger charge is 2.18. The second-order valence-electron chi connectivity index (χ2n) is 2.98. The second-order valence-corrected chi connectivity index (χ2v) is 2.98. The molecule has 0 saturated carbocycles. The Morgan fingerprint density at radius 3 is 3.09 bits per heavy atom. The van der Waals surface area contributed by atoms with Crippen molar-refractivity contribution in [2.75, 3.05) is 19.6 Å². The maximum absolute atomic E-state index is 8.05. The van der Waals surface area contributed by atoms with Crippen LogP contribution in [0.15, 0.2) is 5.11 Å². The van der Waals surface area contributed by atoms with Crippen molar-refractivity contribution in [1.82, 2.24) is 4.90 Å². The molecule has 1 rings (SSSR count). The zero-order chi connectivity index (χ0) is 8.10. The van der Waals surface area contributed by atoms with Gasteiger partial charge in [0.2, 0.25) is 0 Å². The minimum absolute atomic E-state index is 0.612. The monoisotopic (exact) mass is 154 g/mol. The van der Waals surface area contributed by atoms with Crippen molar-refractivity contribution < 1.29 is 0 Å². The molecule has 1 saturated heterocycles. The molecule has 0 aliphatic carbocycles. The molecule has 4 nitrogen and oxygen atoms in total. The summed E-state index contributed by atoms with van der Waals surface area (Å²) in [5, 5.41) is 3.51. The van der Waals surface area contributed by atoms with Crippen LogP contribution in [-0.2, 0) is 0 Å². The molecule has 0 aromatic rings. The van der Waals surface area contributed by atoms with Gasteiger partial charge < -0.3 is 4.90 Å². The normalized spacial score (nSPS) is 25.0. The van der Waals surface area contributed by atoms with E-state index in [0.29, 0.717) is 12.6 Å². The highest BCUT2D eigenvalue weighted by Crippen LogP contribution is 2.15. The van der Waals surface area contributed by atoms with Crippen molar-refractivity contribution in [3.05, 3.63) is 10.4 Å². The van der Waals surface area contributed by atoms with E-state index < -0.39 is 0 Å². The van der Waals surface area contributed by atoms with Gasteiger partial charge in [-0.3, -0.25) is 0 Å². The highest BCUT2D eigenvalue weighted by molar-refractivity contribution is 4.75. The van der Waals surface area contributed by atoms with Crippen LogP contribution in [0.4, 0.5) is 0 Å². The third-order valence-corrected chi connectivity index (χ3v) is 2.24. The predicted molar refractivity (Wildman–Crippen MR) is 44.3 cm³/mol. The van der Waals surface area contributed by atoms with E-state index in [2.05, 4.69) is 21.8 Å². The van der Waals surface area contributed by atoms with E-state index in [1.54, 1.807) is 0 Å². The maximum atomic E-state index is 8.05. The summed E-state index contributed by atoms with van der Waals surface area (Å²) in [6.45, 7) is 4.93. The number of hydrogen-bond acceptors (Lipinski definition) is 2. The molecule has 1 fully saturated rings. The smallest absolute Gasteiger partial charge is 0.0385 e. The molecule has 1 unspecified atom stereocenters. The Labute approximate surface area is 66.8 Å². The van der Waals surface area contributed by atoms with Crippen molar-refractivity contribution in [3.63, 3.8) is 0 Å². The minimum atomic E-state index is 0.612. The summed E-state index contributed by atoms with van der Waals surface area (Å²) in [5.41, 5.74) is 8.05. The lowest BCUT2D eigenvalue weighted by molar-refractivity contribution is 0.276. The first kappa shape index (κ1) is 8.37. The standard InChI is InChI=1S/C7H14N4/c1-7-3-2-5-11(7)6-4-9-10-8/h7H,2-6H2,1H3. The Morgan fingerprint density at radius 2 is 2.55 bits per heavy atom. The van der Waals surface area contributed by atoms with Crippen LogP contribution in [-0.4, -0.2) is 30.6 Å². The highest BCUT2D eigenvalue weighted by atomic mass is 15.2. The fraction of sp³-hybridized carbons (Fsp3) is 1.00. The lowest BCUT2D eigenvalue weighted by Crippen LogP contribution is -2.29. The van der Waals surface area contributed by atoms with E-state index in [-0.39, 0.29) is 0 Å². The van der Waals surface area contributed by atoms with Gasteiger partial charge in [0.15, 0.2) is 0 Å². The van der Waals surface area contributed by atoms with Gasteiger partial charge in [-0.1, -0.05) is 5.11 Å². The van der Waals surface area contributed by atoms with Crippen LogP contribution in [0.3, 0.4) is 0 Å². The third-order valence-electron chi connectivity index (χ3n) is 2.24. The van der Waals surface area contributed by atoms with Crippen molar-refractivity contribution in [2.24, 2.45) is 5.11 Å². The minimum Gasteiger partial charge on any atom is -0.301 e. The van der Waals surface area contributed by atoms with E-state index in [0.717, 1.165) is 6.54 Å². The number of nitrogens with zero attached hydrogens (tertiary/aromatic N) is 4. The number of azide groups is 1. The molecule has 0 bridgehead atoms. The first-order chi connectivity index (χ1) is 5.34. The Balaban J connectivity index is 2.20. The lowest BCUT2D eigenvalue weighted by atomic mass is 10.2. The van der Waals surface area contributed by atoms with Crippen molar-refractivity contribution in [1.29, 1.82) is 0 Å². The van der Waals surface area contributed by atoms with Gasteiger partial charge in [0.1, 0.15) is 0 Å². The Hall–Kier alpha value is -0.730. The van der Waals surface area contributed by atoms with E-state index in [1.165, 1.54) is 19.4 Å². The number of hydrogen-bond donors (Lipinski definition) is 0. The Morgan fingerprint density at radius 1 is 1.73 bits per heavy atom. The molecule has 11 heavy (non-hydrogen) atoms. The molecule has 0 radical (unpaired) electrons. The summed E-state index contributed by atoms with van der Waals surface area (Å²) in [4.78, 5) is 5.09. The van der Waals surface area contributed by atoms with Crippen LogP contribution in [0.2, 0.25) is 0 Å². The van der Waals surface area contributed by atoms with Crippen LogP contribution in [0, 0.1) is 0 Å². The zero-order valence-corrected chi connectivity index (χ0v) is 6.90.